The molecule has 1 fully saturated rings. The minimum atomic E-state index is -1.13. The summed E-state index contributed by atoms with van der Waals surface area (Å²) < 4.78 is 10.9. The number of urea groups is 1. The summed E-state index contributed by atoms with van der Waals surface area (Å²) in [6.45, 7) is 20.1. The van der Waals surface area contributed by atoms with Crippen molar-refractivity contribution >= 4 is 35.6 Å². The van der Waals surface area contributed by atoms with Crippen LogP contribution in [0, 0.1) is 17.3 Å². The molecule has 1 aliphatic heterocycles. The predicted octanol–water partition coefficient (Wildman–Crippen LogP) is 4.98. The standard InChI is InChI=1S/C33H53ClN4O7/c1-20(2)25(37-29(42)45-30(5,6)7)27(40)44-32(10,11)18-35-28(41)36-22(4)21(3)26(39)38-17-16-33(43,31(8,9)19-38)23-12-14-24(34)15-13-23/h12-15,20-22,25,43H,16-19H2,1-11H3,(H,37,42)(H2,35,36,41)/t21-,22?,25?,33+/m1/s1. The van der Waals surface area contributed by atoms with Crippen LogP contribution in [0.3, 0.4) is 0 Å². The number of hydrogen-bond donors (Lipinski definition) is 4. The van der Waals surface area contributed by atoms with E-state index in [0.29, 0.717) is 24.5 Å². The van der Waals surface area contributed by atoms with Crippen molar-refractivity contribution in [2.75, 3.05) is 19.6 Å². The lowest BCUT2D eigenvalue weighted by Gasteiger charge is -2.51. The van der Waals surface area contributed by atoms with Crippen molar-refractivity contribution in [2.45, 2.75) is 111 Å². The maximum atomic E-state index is 13.5. The number of carbonyl (C=O) groups is 4. The van der Waals surface area contributed by atoms with E-state index < -0.39 is 58.3 Å². The lowest BCUT2D eigenvalue weighted by Crippen LogP contribution is -2.58. The second-order valence-corrected chi connectivity index (χ2v) is 15.2. The number of esters is 1. The number of piperidine rings is 1. The fourth-order valence-corrected chi connectivity index (χ4v) is 5.38. The van der Waals surface area contributed by atoms with Gasteiger partial charge in [-0.25, -0.2) is 14.4 Å². The van der Waals surface area contributed by atoms with Gasteiger partial charge in [-0.1, -0.05) is 58.4 Å². The molecule has 4 atom stereocenters. The summed E-state index contributed by atoms with van der Waals surface area (Å²) >= 11 is 6.04. The van der Waals surface area contributed by atoms with Gasteiger partial charge in [0.1, 0.15) is 17.2 Å². The van der Waals surface area contributed by atoms with Crippen LogP contribution in [-0.2, 0) is 24.7 Å². The maximum Gasteiger partial charge on any atom is 0.408 e. The molecule has 0 aliphatic carbocycles. The number of halogens is 1. The third kappa shape index (κ3) is 10.5. The number of amides is 4. The van der Waals surface area contributed by atoms with Crippen molar-refractivity contribution in [2.24, 2.45) is 17.3 Å². The van der Waals surface area contributed by atoms with Gasteiger partial charge in [-0.2, -0.15) is 0 Å². The fourth-order valence-electron chi connectivity index (χ4n) is 5.25. The van der Waals surface area contributed by atoms with Crippen molar-refractivity contribution < 1.29 is 33.8 Å². The zero-order valence-corrected chi connectivity index (χ0v) is 29.4. The highest BCUT2D eigenvalue weighted by Crippen LogP contribution is 2.46. The maximum absolute atomic E-state index is 13.5. The predicted molar refractivity (Wildman–Crippen MR) is 174 cm³/mol. The molecule has 0 spiro atoms. The Kier molecular flexibility index (Phi) is 12.4. The van der Waals surface area contributed by atoms with E-state index in [2.05, 4.69) is 16.0 Å². The van der Waals surface area contributed by atoms with Gasteiger partial charge in [0.05, 0.1) is 18.1 Å². The van der Waals surface area contributed by atoms with Crippen molar-refractivity contribution in [3.05, 3.63) is 34.9 Å². The number of alkyl carbamates (subject to hydrolysis) is 1. The Labute approximate surface area is 273 Å². The summed E-state index contributed by atoms with van der Waals surface area (Å²) in [4.78, 5) is 53.2. The van der Waals surface area contributed by atoms with Gasteiger partial charge in [0.25, 0.3) is 0 Å². The molecule has 2 unspecified atom stereocenters. The van der Waals surface area contributed by atoms with E-state index in [9.17, 15) is 24.3 Å². The van der Waals surface area contributed by atoms with Gasteiger partial charge >= 0.3 is 18.1 Å². The van der Waals surface area contributed by atoms with E-state index in [1.165, 1.54) is 0 Å². The summed E-state index contributed by atoms with van der Waals surface area (Å²) in [5.74, 6) is -1.58. The molecule has 0 saturated carbocycles. The molecule has 1 aliphatic rings. The highest BCUT2D eigenvalue weighted by Gasteiger charge is 2.50. The van der Waals surface area contributed by atoms with Gasteiger partial charge < -0.3 is 35.4 Å². The Balaban J connectivity index is 1.92. The first-order valence-electron chi connectivity index (χ1n) is 15.5. The van der Waals surface area contributed by atoms with Gasteiger partial charge in [0.15, 0.2) is 0 Å². The first-order chi connectivity index (χ1) is 20.5. The Bertz CT molecular complexity index is 1210. The van der Waals surface area contributed by atoms with Crippen LogP contribution in [0.1, 0.15) is 88.1 Å². The smallest absolute Gasteiger partial charge is 0.408 e. The zero-order chi connectivity index (χ0) is 34.5. The van der Waals surface area contributed by atoms with E-state index in [1.54, 1.807) is 79.3 Å². The number of benzene rings is 1. The minimum Gasteiger partial charge on any atom is -0.456 e. The van der Waals surface area contributed by atoms with Gasteiger partial charge in [-0.05, 0) is 71.6 Å². The van der Waals surface area contributed by atoms with E-state index >= 15 is 0 Å². The molecule has 45 heavy (non-hydrogen) atoms. The summed E-state index contributed by atoms with van der Waals surface area (Å²) in [7, 11) is 0. The van der Waals surface area contributed by atoms with Crippen LogP contribution in [0.25, 0.3) is 0 Å². The number of aliphatic hydroxyl groups is 1. The molecular formula is C33H53ClN4O7. The topological polar surface area (TPSA) is 146 Å². The summed E-state index contributed by atoms with van der Waals surface area (Å²) in [6, 6.07) is 5.17. The molecule has 254 valence electrons. The number of nitrogens with one attached hydrogen (secondary N) is 3. The SMILES string of the molecule is CC(C)C(NC(=O)OC(C)(C)C)C(=O)OC(C)(C)CNC(=O)NC(C)[C@@H](C)C(=O)N1CC[C@](O)(c2ccc(Cl)cc2)C(C)(C)C1. The highest BCUT2D eigenvalue weighted by molar-refractivity contribution is 6.30. The van der Waals surface area contributed by atoms with E-state index in [0.717, 1.165) is 5.56 Å². The van der Waals surface area contributed by atoms with Crippen molar-refractivity contribution in [1.29, 1.82) is 0 Å². The van der Waals surface area contributed by atoms with E-state index in [1.807, 2.05) is 26.0 Å². The van der Waals surface area contributed by atoms with Crippen LogP contribution in [-0.4, -0.2) is 76.9 Å². The molecule has 11 nitrogen and oxygen atoms in total. The fraction of sp³-hybridized carbons (Fsp3) is 0.697. The molecule has 1 aromatic rings. The number of carbonyl (C=O) groups excluding carboxylic acids is 4. The quantitative estimate of drug-likeness (QED) is 0.261. The Morgan fingerprint density at radius 2 is 1.56 bits per heavy atom. The molecular weight excluding hydrogens is 600 g/mol. The molecule has 1 aromatic carbocycles. The summed E-state index contributed by atoms with van der Waals surface area (Å²) in [5, 5.41) is 20.3. The first kappa shape index (κ1) is 38.1. The Morgan fingerprint density at radius 3 is 2.07 bits per heavy atom. The van der Waals surface area contributed by atoms with Crippen LogP contribution < -0.4 is 16.0 Å². The Morgan fingerprint density at radius 1 is 0.978 bits per heavy atom. The largest absolute Gasteiger partial charge is 0.456 e. The third-order valence-corrected chi connectivity index (χ3v) is 8.48. The minimum absolute atomic E-state index is 0.0134. The number of hydrogen-bond acceptors (Lipinski definition) is 7. The lowest BCUT2D eigenvalue weighted by molar-refractivity contribution is -0.160. The molecule has 0 radical (unpaired) electrons. The van der Waals surface area contributed by atoms with Crippen LogP contribution >= 0.6 is 11.6 Å². The molecule has 4 N–H and O–H groups in total. The van der Waals surface area contributed by atoms with Gasteiger partial charge in [-0.15, -0.1) is 0 Å². The van der Waals surface area contributed by atoms with E-state index in [-0.39, 0.29) is 18.4 Å². The van der Waals surface area contributed by atoms with Crippen LogP contribution in [0.5, 0.6) is 0 Å². The number of nitrogens with zero attached hydrogens (tertiary/aromatic N) is 1. The van der Waals surface area contributed by atoms with Crippen molar-refractivity contribution in [1.82, 2.24) is 20.9 Å². The lowest BCUT2D eigenvalue weighted by atomic mass is 9.66. The normalized spacial score (nSPS) is 20.4. The summed E-state index contributed by atoms with van der Waals surface area (Å²) in [5.41, 5.74) is -2.82. The monoisotopic (exact) mass is 652 g/mol. The van der Waals surface area contributed by atoms with Crippen molar-refractivity contribution in [3.63, 3.8) is 0 Å². The molecule has 1 heterocycles. The van der Waals surface area contributed by atoms with Gasteiger partial charge in [0.2, 0.25) is 5.91 Å². The zero-order valence-electron chi connectivity index (χ0n) is 28.7. The third-order valence-electron chi connectivity index (χ3n) is 8.23. The van der Waals surface area contributed by atoms with Gasteiger partial charge in [0, 0.05) is 29.6 Å². The number of likely N-dealkylation sites (tertiary alicyclic amines) is 1. The van der Waals surface area contributed by atoms with E-state index in [4.69, 9.17) is 21.1 Å². The van der Waals surface area contributed by atoms with Crippen LogP contribution in [0.4, 0.5) is 9.59 Å². The highest BCUT2D eigenvalue weighted by atomic mass is 35.5. The average molecular weight is 653 g/mol. The second kappa shape index (κ2) is 14.6. The first-order valence-corrected chi connectivity index (χ1v) is 15.9. The van der Waals surface area contributed by atoms with Gasteiger partial charge in [-0.3, -0.25) is 4.79 Å². The molecule has 4 amide bonds. The molecule has 0 aromatic heterocycles. The Hall–Kier alpha value is -3.05. The number of rotatable bonds is 10. The molecule has 12 heteroatoms. The van der Waals surface area contributed by atoms with Crippen molar-refractivity contribution in [3.8, 4) is 0 Å². The molecule has 1 saturated heterocycles. The number of ether oxygens (including phenoxy) is 2. The van der Waals surface area contributed by atoms with Crippen LogP contribution in [0.2, 0.25) is 5.02 Å². The van der Waals surface area contributed by atoms with Crippen LogP contribution in [0.15, 0.2) is 24.3 Å². The molecule has 0 bridgehead atoms. The second-order valence-electron chi connectivity index (χ2n) is 14.7. The average Bonchev–Trinajstić information content (AvgIpc) is 2.90. The summed E-state index contributed by atoms with van der Waals surface area (Å²) in [6.07, 6.45) is -0.363. The molecule has 2 rings (SSSR count).